The van der Waals surface area contributed by atoms with Gasteiger partial charge < -0.3 is 10.1 Å². The van der Waals surface area contributed by atoms with Gasteiger partial charge in [0.25, 0.3) is 5.91 Å². The molecule has 3 aliphatic rings. The highest BCUT2D eigenvalue weighted by Crippen LogP contribution is 2.45. The highest BCUT2D eigenvalue weighted by Gasteiger charge is 2.53. The van der Waals surface area contributed by atoms with E-state index in [2.05, 4.69) is 37.9 Å². The molecule has 1 aliphatic carbocycles. The number of nitrogens with zero attached hydrogens (tertiary/aromatic N) is 2. The van der Waals surface area contributed by atoms with Crippen LogP contribution in [0.2, 0.25) is 0 Å². The van der Waals surface area contributed by atoms with Crippen LogP contribution in [0.4, 0.5) is 4.79 Å². The van der Waals surface area contributed by atoms with Gasteiger partial charge in [0.1, 0.15) is 5.54 Å². The van der Waals surface area contributed by atoms with E-state index in [0.717, 1.165) is 51.6 Å². The van der Waals surface area contributed by atoms with Gasteiger partial charge in [-0.3, -0.25) is 9.69 Å². The van der Waals surface area contributed by atoms with Crippen molar-refractivity contribution in [3.63, 3.8) is 0 Å². The fourth-order valence-corrected chi connectivity index (χ4v) is 4.68. The molecule has 1 spiro atoms. The molecule has 3 rings (SSSR count). The molecule has 0 aromatic rings. The van der Waals surface area contributed by atoms with E-state index >= 15 is 0 Å². The topological polar surface area (TPSA) is 61.9 Å². The Hall–Kier alpha value is -1.14. The first-order valence-corrected chi connectivity index (χ1v) is 10.3. The summed E-state index contributed by atoms with van der Waals surface area (Å²) in [7, 11) is 0. The fraction of sp³-hybridized carbons (Fsp3) is 0.900. The Labute approximate surface area is 157 Å². The molecule has 2 saturated heterocycles. The van der Waals surface area contributed by atoms with Crippen LogP contribution in [0, 0.1) is 11.3 Å². The SMILES string of the molecule is CCC1CN(CN2C(=O)NC3(CCC(C(C)(C)CC)CC3)C2=O)CCO1. The molecular formula is C20H35N3O3. The molecule has 0 radical (unpaired) electrons. The third-order valence-corrected chi connectivity index (χ3v) is 7.12. The van der Waals surface area contributed by atoms with Crippen LogP contribution in [0.5, 0.6) is 0 Å². The molecule has 1 unspecified atom stereocenters. The summed E-state index contributed by atoms with van der Waals surface area (Å²) in [5, 5.41) is 3.05. The van der Waals surface area contributed by atoms with Crippen LogP contribution in [0.3, 0.4) is 0 Å². The number of imide groups is 1. The number of urea groups is 1. The lowest BCUT2D eigenvalue weighted by atomic mass is 9.65. The Bertz CT molecular complexity index is 540. The van der Waals surface area contributed by atoms with Crippen LogP contribution in [0.15, 0.2) is 0 Å². The van der Waals surface area contributed by atoms with Crippen molar-refractivity contribution in [1.82, 2.24) is 15.1 Å². The van der Waals surface area contributed by atoms with Gasteiger partial charge in [-0.2, -0.15) is 0 Å². The number of nitrogens with one attached hydrogen (secondary N) is 1. The van der Waals surface area contributed by atoms with E-state index in [9.17, 15) is 9.59 Å². The summed E-state index contributed by atoms with van der Waals surface area (Å²) in [5.74, 6) is 0.608. The maximum absolute atomic E-state index is 13.1. The van der Waals surface area contributed by atoms with E-state index < -0.39 is 5.54 Å². The molecule has 1 N–H and O–H groups in total. The predicted molar refractivity (Wildman–Crippen MR) is 101 cm³/mol. The molecule has 3 fully saturated rings. The van der Waals surface area contributed by atoms with Gasteiger partial charge in [0.15, 0.2) is 0 Å². The Morgan fingerprint density at radius 2 is 1.92 bits per heavy atom. The predicted octanol–water partition coefficient (Wildman–Crippen LogP) is 2.97. The second kappa shape index (κ2) is 7.47. The van der Waals surface area contributed by atoms with E-state index in [0.29, 0.717) is 24.6 Å². The molecule has 148 valence electrons. The van der Waals surface area contributed by atoms with Gasteiger partial charge >= 0.3 is 6.03 Å². The summed E-state index contributed by atoms with van der Waals surface area (Å²) in [5.41, 5.74) is -0.357. The van der Waals surface area contributed by atoms with Crippen molar-refractivity contribution in [3.8, 4) is 0 Å². The fourth-order valence-electron chi connectivity index (χ4n) is 4.68. The Balaban J connectivity index is 1.62. The van der Waals surface area contributed by atoms with E-state index in [1.807, 2.05) is 0 Å². The van der Waals surface area contributed by atoms with Crippen molar-refractivity contribution < 1.29 is 14.3 Å². The zero-order chi connectivity index (χ0) is 18.9. The van der Waals surface area contributed by atoms with Gasteiger partial charge in [-0.25, -0.2) is 9.69 Å². The second-order valence-corrected chi connectivity index (χ2v) is 8.98. The minimum absolute atomic E-state index is 0.0187. The summed E-state index contributed by atoms with van der Waals surface area (Å²) in [6.07, 6.45) is 5.85. The van der Waals surface area contributed by atoms with Crippen LogP contribution in [-0.2, 0) is 9.53 Å². The van der Waals surface area contributed by atoms with Crippen molar-refractivity contribution in [1.29, 1.82) is 0 Å². The van der Waals surface area contributed by atoms with Gasteiger partial charge in [0.05, 0.1) is 19.4 Å². The number of ether oxygens (including phenoxy) is 1. The molecule has 3 amide bonds. The first kappa shape index (κ1) is 19.6. The van der Waals surface area contributed by atoms with Crippen LogP contribution < -0.4 is 5.32 Å². The van der Waals surface area contributed by atoms with Crippen LogP contribution in [0.25, 0.3) is 0 Å². The number of morpholine rings is 1. The van der Waals surface area contributed by atoms with Crippen molar-refractivity contribution in [2.75, 3.05) is 26.4 Å². The Morgan fingerprint density at radius 3 is 2.54 bits per heavy atom. The number of amides is 3. The van der Waals surface area contributed by atoms with E-state index in [1.165, 1.54) is 4.90 Å². The molecule has 1 atom stereocenters. The maximum Gasteiger partial charge on any atom is 0.326 e. The van der Waals surface area contributed by atoms with Crippen molar-refractivity contribution >= 4 is 11.9 Å². The minimum atomic E-state index is -0.659. The Morgan fingerprint density at radius 1 is 1.23 bits per heavy atom. The number of rotatable bonds is 5. The number of carbonyl (C=O) groups excluding carboxylic acids is 2. The number of hydrogen-bond donors (Lipinski definition) is 1. The van der Waals surface area contributed by atoms with Gasteiger partial charge in [0, 0.05) is 13.1 Å². The molecular weight excluding hydrogens is 330 g/mol. The summed E-state index contributed by atoms with van der Waals surface area (Å²) in [6, 6.07) is -0.220. The number of carbonyl (C=O) groups is 2. The molecule has 0 aromatic carbocycles. The van der Waals surface area contributed by atoms with Gasteiger partial charge in [-0.05, 0) is 43.4 Å². The standard InChI is InChI=1S/C20H35N3O3/c1-5-16-13-22(11-12-26-16)14-23-17(24)20(21-18(23)25)9-7-15(8-10-20)19(3,4)6-2/h15-16H,5-14H2,1-4H3,(H,21,25). The summed E-state index contributed by atoms with van der Waals surface area (Å²) >= 11 is 0. The van der Waals surface area contributed by atoms with Crippen LogP contribution in [-0.4, -0.2) is 59.7 Å². The van der Waals surface area contributed by atoms with Crippen molar-refractivity contribution in [2.24, 2.45) is 11.3 Å². The first-order valence-electron chi connectivity index (χ1n) is 10.3. The summed E-state index contributed by atoms with van der Waals surface area (Å²) < 4.78 is 5.69. The molecule has 0 aromatic heterocycles. The van der Waals surface area contributed by atoms with Crippen molar-refractivity contribution in [2.45, 2.75) is 77.9 Å². The third-order valence-electron chi connectivity index (χ3n) is 7.12. The molecule has 2 aliphatic heterocycles. The molecule has 1 saturated carbocycles. The molecule has 6 heteroatoms. The smallest absolute Gasteiger partial charge is 0.326 e. The zero-order valence-electron chi connectivity index (χ0n) is 16.8. The average Bonchev–Trinajstić information content (AvgIpc) is 2.86. The second-order valence-electron chi connectivity index (χ2n) is 8.98. The largest absolute Gasteiger partial charge is 0.376 e. The average molecular weight is 366 g/mol. The van der Waals surface area contributed by atoms with Crippen LogP contribution in [0.1, 0.15) is 66.2 Å². The van der Waals surface area contributed by atoms with Gasteiger partial charge in [0.2, 0.25) is 0 Å². The maximum atomic E-state index is 13.1. The lowest BCUT2D eigenvalue weighted by molar-refractivity contribution is -0.136. The van der Waals surface area contributed by atoms with Crippen LogP contribution >= 0.6 is 0 Å². The lowest BCUT2D eigenvalue weighted by Gasteiger charge is -2.42. The summed E-state index contributed by atoms with van der Waals surface area (Å²) in [6.45, 7) is 11.6. The molecule has 26 heavy (non-hydrogen) atoms. The zero-order valence-corrected chi connectivity index (χ0v) is 16.8. The third kappa shape index (κ3) is 3.63. The number of hydrogen-bond acceptors (Lipinski definition) is 4. The summed E-state index contributed by atoms with van der Waals surface area (Å²) in [4.78, 5) is 29.3. The quantitative estimate of drug-likeness (QED) is 0.761. The molecule has 0 bridgehead atoms. The first-order chi connectivity index (χ1) is 12.3. The van der Waals surface area contributed by atoms with E-state index in [-0.39, 0.29) is 18.0 Å². The highest BCUT2D eigenvalue weighted by molar-refractivity contribution is 6.07. The minimum Gasteiger partial charge on any atom is -0.376 e. The van der Waals surface area contributed by atoms with Gasteiger partial charge in [-0.1, -0.05) is 34.1 Å². The van der Waals surface area contributed by atoms with Gasteiger partial charge in [-0.15, -0.1) is 0 Å². The lowest BCUT2D eigenvalue weighted by Crippen LogP contribution is -2.52. The van der Waals surface area contributed by atoms with Crippen molar-refractivity contribution in [3.05, 3.63) is 0 Å². The van der Waals surface area contributed by atoms with E-state index in [1.54, 1.807) is 0 Å². The highest BCUT2D eigenvalue weighted by atomic mass is 16.5. The molecule has 2 heterocycles. The molecule has 6 nitrogen and oxygen atoms in total. The monoisotopic (exact) mass is 365 g/mol. The van der Waals surface area contributed by atoms with E-state index in [4.69, 9.17) is 4.74 Å². The normalized spacial score (nSPS) is 33.8. The Kier molecular flexibility index (Phi) is 5.63.